The number of Topliss-reactive ketones (excluding diaryl/α,β-unsaturated/α-hetero) is 1. The van der Waals surface area contributed by atoms with Crippen LogP contribution in [0.15, 0.2) is 35.0 Å². The van der Waals surface area contributed by atoms with Crippen LogP contribution in [-0.4, -0.2) is 35.7 Å². The normalized spacial score (nSPS) is 15.9. The highest BCUT2D eigenvalue weighted by molar-refractivity contribution is 6.47. The van der Waals surface area contributed by atoms with Crippen molar-refractivity contribution in [3.8, 4) is 5.75 Å². The van der Waals surface area contributed by atoms with Crippen molar-refractivity contribution in [2.45, 2.75) is 38.4 Å². The molecular formula is C18H20BNO6. The molecular weight excluding hydrogens is 337 g/mol. The molecule has 0 amide bonds. The molecule has 2 aromatic rings. The summed E-state index contributed by atoms with van der Waals surface area (Å²) in [4.78, 5) is 24.4. The van der Waals surface area contributed by atoms with Crippen molar-refractivity contribution in [1.82, 2.24) is 5.16 Å². The van der Waals surface area contributed by atoms with Crippen LogP contribution < -0.4 is 4.65 Å². The number of unbranched alkanes of at least 4 members (excludes halogenated alkanes) is 1. The van der Waals surface area contributed by atoms with Gasteiger partial charge in [0.25, 0.3) is 0 Å². The molecule has 1 aliphatic heterocycles. The van der Waals surface area contributed by atoms with Gasteiger partial charge in [0.15, 0.2) is 0 Å². The molecule has 1 aliphatic rings. The maximum absolute atomic E-state index is 12.3. The first-order valence-corrected chi connectivity index (χ1v) is 8.67. The van der Waals surface area contributed by atoms with Crippen LogP contribution in [-0.2, 0) is 11.2 Å². The molecule has 0 saturated carbocycles. The van der Waals surface area contributed by atoms with Gasteiger partial charge in [0.1, 0.15) is 11.3 Å². The standard InChI is InChI=1S/C18H20BNO6/c1-2-3-9-24-18(22)14-6-4-5-12-10-13(19(23)25-17(12)14)11-15(21)16-7-8-20-26-16/h4-8,13,23H,2-3,9-11H2,1H3/t13-/m1/s1. The first kappa shape index (κ1) is 18.2. The molecule has 1 aromatic carbocycles. The second-order valence-electron chi connectivity index (χ2n) is 6.26. The van der Waals surface area contributed by atoms with Gasteiger partial charge >= 0.3 is 13.1 Å². The van der Waals surface area contributed by atoms with Crippen molar-refractivity contribution in [3.63, 3.8) is 0 Å². The number of rotatable bonds is 7. The van der Waals surface area contributed by atoms with E-state index in [4.69, 9.17) is 13.9 Å². The number of benzene rings is 1. The minimum Gasteiger partial charge on any atom is -0.535 e. The molecule has 3 rings (SSSR count). The molecule has 2 heterocycles. The van der Waals surface area contributed by atoms with Crippen LogP contribution in [0.2, 0.25) is 5.82 Å². The van der Waals surface area contributed by atoms with Crippen LogP contribution in [0.25, 0.3) is 0 Å². The van der Waals surface area contributed by atoms with Crippen molar-refractivity contribution >= 4 is 18.9 Å². The third-order valence-electron chi connectivity index (χ3n) is 4.33. The predicted octanol–water partition coefficient (Wildman–Crippen LogP) is 2.69. The zero-order valence-corrected chi connectivity index (χ0v) is 14.5. The van der Waals surface area contributed by atoms with E-state index in [1.807, 2.05) is 13.0 Å². The van der Waals surface area contributed by atoms with Crippen LogP contribution in [0, 0.1) is 0 Å². The minimum atomic E-state index is -1.20. The second-order valence-corrected chi connectivity index (χ2v) is 6.26. The number of esters is 1. The molecule has 0 saturated heterocycles. The van der Waals surface area contributed by atoms with Crippen LogP contribution in [0.4, 0.5) is 0 Å². The lowest BCUT2D eigenvalue weighted by Crippen LogP contribution is -2.36. The van der Waals surface area contributed by atoms with Gasteiger partial charge < -0.3 is 18.9 Å². The fourth-order valence-electron chi connectivity index (χ4n) is 2.90. The van der Waals surface area contributed by atoms with Crippen LogP contribution in [0.3, 0.4) is 0 Å². The number of hydrogen-bond acceptors (Lipinski definition) is 7. The Morgan fingerprint density at radius 3 is 2.96 bits per heavy atom. The molecule has 0 aliphatic carbocycles. The Balaban J connectivity index is 1.73. The number of ether oxygens (including phenoxy) is 1. The monoisotopic (exact) mass is 357 g/mol. The summed E-state index contributed by atoms with van der Waals surface area (Å²) >= 11 is 0. The molecule has 1 atom stereocenters. The fraction of sp³-hybridized carbons (Fsp3) is 0.389. The van der Waals surface area contributed by atoms with Gasteiger partial charge in [0.2, 0.25) is 11.5 Å². The number of nitrogens with zero attached hydrogens (tertiary/aromatic N) is 1. The number of aromatic nitrogens is 1. The van der Waals surface area contributed by atoms with Gasteiger partial charge in [-0.2, -0.15) is 0 Å². The van der Waals surface area contributed by atoms with E-state index in [0.717, 1.165) is 18.4 Å². The van der Waals surface area contributed by atoms with E-state index >= 15 is 0 Å². The Bertz CT molecular complexity index is 776. The zero-order valence-electron chi connectivity index (χ0n) is 14.5. The first-order chi connectivity index (χ1) is 12.6. The molecule has 0 fully saturated rings. The first-order valence-electron chi connectivity index (χ1n) is 8.67. The van der Waals surface area contributed by atoms with Gasteiger partial charge in [-0.1, -0.05) is 30.6 Å². The number of ketones is 1. The van der Waals surface area contributed by atoms with E-state index in [1.54, 1.807) is 12.1 Å². The fourth-order valence-corrected chi connectivity index (χ4v) is 2.90. The lowest BCUT2D eigenvalue weighted by Gasteiger charge is -2.28. The van der Waals surface area contributed by atoms with Gasteiger partial charge in [-0.05, 0) is 24.5 Å². The van der Waals surface area contributed by atoms with Gasteiger partial charge in [-0.15, -0.1) is 0 Å². The summed E-state index contributed by atoms with van der Waals surface area (Å²) in [7, 11) is -1.20. The van der Waals surface area contributed by atoms with Gasteiger partial charge in [0, 0.05) is 18.3 Å². The quantitative estimate of drug-likeness (QED) is 0.352. The molecule has 0 bridgehead atoms. The predicted molar refractivity (Wildman–Crippen MR) is 93.1 cm³/mol. The Morgan fingerprint density at radius 1 is 1.38 bits per heavy atom. The molecule has 1 aromatic heterocycles. The van der Waals surface area contributed by atoms with Gasteiger partial charge in [0.05, 0.1) is 12.8 Å². The highest BCUT2D eigenvalue weighted by Crippen LogP contribution is 2.37. The number of hydrogen-bond donors (Lipinski definition) is 1. The van der Waals surface area contributed by atoms with E-state index in [1.165, 1.54) is 12.3 Å². The average molecular weight is 357 g/mol. The number of para-hydroxylation sites is 1. The Labute approximate surface area is 151 Å². The van der Waals surface area contributed by atoms with E-state index in [0.29, 0.717) is 18.8 Å². The van der Waals surface area contributed by atoms with E-state index in [9.17, 15) is 14.6 Å². The summed E-state index contributed by atoms with van der Waals surface area (Å²) in [6, 6.07) is 6.65. The number of carbonyl (C=O) groups is 2. The van der Waals surface area contributed by atoms with Crippen LogP contribution in [0.1, 0.15) is 52.7 Å². The molecule has 26 heavy (non-hydrogen) atoms. The summed E-state index contributed by atoms with van der Waals surface area (Å²) in [6.07, 6.45) is 3.58. The smallest absolute Gasteiger partial charge is 0.526 e. The highest BCUT2D eigenvalue weighted by atomic mass is 16.5. The molecule has 1 N–H and O–H groups in total. The average Bonchev–Trinajstić information content (AvgIpc) is 3.17. The van der Waals surface area contributed by atoms with Crippen molar-refractivity contribution in [2.24, 2.45) is 0 Å². The van der Waals surface area contributed by atoms with Crippen LogP contribution in [0.5, 0.6) is 5.75 Å². The third kappa shape index (κ3) is 3.96. The molecule has 136 valence electrons. The van der Waals surface area contributed by atoms with Crippen molar-refractivity contribution < 1.29 is 28.5 Å². The maximum Gasteiger partial charge on any atom is 0.526 e. The topological polar surface area (TPSA) is 98.9 Å². The van der Waals surface area contributed by atoms with E-state index in [2.05, 4.69) is 5.16 Å². The molecule has 8 heteroatoms. The Morgan fingerprint density at radius 2 is 2.23 bits per heavy atom. The summed E-state index contributed by atoms with van der Waals surface area (Å²) < 4.78 is 15.7. The minimum absolute atomic E-state index is 0.0565. The Hall–Kier alpha value is -2.61. The Kier molecular flexibility index (Phi) is 5.73. The molecule has 7 nitrogen and oxygen atoms in total. The van der Waals surface area contributed by atoms with Crippen molar-refractivity contribution in [2.75, 3.05) is 6.61 Å². The number of carbonyl (C=O) groups excluding carboxylic acids is 2. The van der Waals surface area contributed by atoms with E-state index in [-0.39, 0.29) is 23.5 Å². The summed E-state index contributed by atoms with van der Waals surface area (Å²) in [5, 5.41) is 13.8. The van der Waals surface area contributed by atoms with Crippen LogP contribution >= 0.6 is 0 Å². The highest BCUT2D eigenvalue weighted by Gasteiger charge is 2.38. The van der Waals surface area contributed by atoms with Gasteiger partial charge in [-0.25, -0.2) is 4.79 Å². The zero-order chi connectivity index (χ0) is 18.5. The largest absolute Gasteiger partial charge is 0.535 e. The summed E-state index contributed by atoms with van der Waals surface area (Å²) in [5.41, 5.74) is 1.05. The maximum atomic E-state index is 12.3. The van der Waals surface area contributed by atoms with Crippen molar-refractivity contribution in [1.29, 1.82) is 0 Å². The SMILES string of the molecule is CCCCOC(=O)c1cccc2c1OB(O)[C@@H](CC(=O)c1ccno1)C2. The second kappa shape index (κ2) is 8.18. The van der Waals surface area contributed by atoms with E-state index < -0.39 is 18.9 Å². The van der Waals surface area contributed by atoms with Crippen molar-refractivity contribution in [3.05, 3.63) is 47.3 Å². The lowest BCUT2D eigenvalue weighted by atomic mass is 9.64. The molecule has 0 unspecified atom stereocenters. The molecule has 0 spiro atoms. The number of fused-ring (bicyclic) bond motifs is 1. The summed E-state index contributed by atoms with van der Waals surface area (Å²) in [6.45, 7) is 2.35. The van der Waals surface area contributed by atoms with Gasteiger partial charge in [-0.3, -0.25) is 4.79 Å². The molecule has 0 radical (unpaired) electrons. The third-order valence-corrected chi connectivity index (χ3v) is 4.33. The lowest BCUT2D eigenvalue weighted by molar-refractivity contribution is 0.0496. The summed E-state index contributed by atoms with van der Waals surface area (Å²) in [5.74, 6) is -0.694.